The molecule has 2 aliphatic rings. The molecule has 0 radical (unpaired) electrons. The summed E-state index contributed by atoms with van der Waals surface area (Å²) in [5.41, 5.74) is 0. The lowest BCUT2D eigenvalue weighted by Gasteiger charge is -2.35. The molecule has 1 aromatic rings. The minimum atomic E-state index is -0.699. The molecular weight excluding hydrogens is 318 g/mol. The number of hydrogen-bond donors (Lipinski definition) is 2. The average molecular weight is 347 g/mol. The van der Waals surface area contributed by atoms with Gasteiger partial charge in [0.2, 0.25) is 5.91 Å². The molecule has 6 nitrogen and oxygen atoms in total. The summed E-state index contributed by atoms with van der Waals surface area (Å²) in [7, 11) is 2.02. The highest BCUT2D eigenvalue weighted by atomic mass is 16.5. The molecule has 0 spiro atoms. The number of nitrogens with zero attached hydrogens (tertiary/aromatic N) is 2. The van der Waals surface area contributed by atoms with Crippen LogP contribution in [0, 0.1) is 0 Å². The van der Waals surface area contributed by atoms with Crippen LogP contribution in [0.4, 0.5) is 0 Å². The van der Waals surface area contributed by atoms with Crippen molar-refractivity contribution in [2.75, 3.05) is 13.6 Å². The van der Waals surface area contributed by atoms with Crippen molar-refractivity contribution < 1.29 is 14.6 Å². The Hall–Kier alpha value is -1.66. The predicted octanol–water partition coefficient (Wildman–Crippen LogP) is 1.73. The second kappa shape index (κ2) is 8.63. The van der Waals surface area contributed by atoms with Gasteiger partial charge in [-0.3, -0.25) is 14.7 Å². The molecule has 3 atom stereocenters. The minimum Gasteiger partial charge on any atom is -0.486 e. The lowest BCUT2D eigenvalue weighted by Crippen LogP contribution is -2.54. The number of pyridine rings is 1. The Labute approximate surface area is 149 Å². The van der Waals surface area contributed by atoms with E-state index >= 15 is 0 Å². The van der Waals surface area contributed by atoms with Crippen molar-refractivity contribution in [1.82, 2.24) is 15.2 Å². The molecule has 2 aliphatic carbocycles. The number of aliphatic hydroxyl groups is 1. The van der Waals surface area contributed by atoms with Gasteiger partial charge in [-0.05, 0) is 51.3 Å². The van der Waals surface area contributed by atoms with E-state index in [1.165, 1.54) is 25.7 Å². The van der Waals surface area contributed by atoms with Crippen LogP contribution in [0.15, 0.2) is 24.5 Å². The number of nitrogens with one attached hydrogen (secondary N) is 1. The van der Waals surface area contributed by atoms with Crippen LogP contribution in [0.25, 0.3) is 0 Å². The number of likely N-dealkylation sites (N-methyl/N-ethyl adjacent to an activating group) is 1. The third-order valence-corrected chi connectivity index (χ3v) is 5.41. The van der Waals surface area contributed by atoms with Gasteiger partial charge in [-0.2, -0.15) is 0 Å². The molecule has 2 fully saturated rings. The fraction of sp³-hybridized carbons (Fsp3) is 0.684. The zero-order valence-corrected chi connectivity index (χ0v) is 14.9. The maximum atomic E-state index is 12.4. The van der Waals surface area contributed by atoms with Gasteiger partial charge >= 0.3 is 0 Å². The molecule has 1 heterocycles. The largest absolute Gasteiger partial charge is 0.486 e. The second-order valence-electron chi connectivity index (χ2n) is 7.29. The normalized spacial score (nSPS) is 27.4. The van der Waals surface area contributed by atoms with Gasteiger partial charge in [0, 0.05) is 12.2 Å². The number of ether oxygens (including phenoxy) is 1. The summed E-state index contributed by atoms with van der Waals surface area (Å²) < 4.78 is 5.87. The van der Waals surface area contributed by atoms with Crippen LogP contribution in [-0.4, -0.2) is 58.8 Å². The van der Waals surface area contributed by atoms with Crippen LogP contribution in [0.1, 0.15) is 44.9 Å². The van der Waals surface area contributed by atoms with Gasteiger partial charge in [0.25, 0.3) is 0 Å². The van der Waals surface area contributed by atoms with E-state index in [1.54, 1.807) is 12.4 Å². The molecule has 0 aromatic carbocycles. The summed E-state index contributed by atoms with van der Waals surface area (Å²) >= 11 is 0. The number of carbonyl (C=O) groups excluding carboxylic acids is 1. The standard InChI is InChI=1S/C19H29N3O3/c1-22(14-6-2-3-7-14)13-18(23)21-16-9-4-10-17(19(16)24)25-15-8-5-11-20-12-15/h5,8,11-12,14,16-17,19,24H,2-4,6-7,9-10,13H2,1H3,(H,21,23)/t16-,17-,19-/m1/s1. The summed E-state index contributed by atoms with van der Waals surface area (Å²) in [4.78, 5) is 18.5. The van der Waals surface area contributed by atoms with E-state index in [1.807, 2.05) is 19.2 Å². The van der Waals surface area contributed by atoms with E-state index in [4.69, 9.17) is 4.74 Å². The highest BCUT2D eigenvalue weighted by molar-refractivity contribution is 5.78. The molecule has 2 N–H and O–H groups in total. The van der Waals surface area contributed by atoms with Crippen LogP contribution in [0.2, 0.25) is 0 Å². The smallest absolute Gasteiger partial charge is 0.234 e. The predicted molar refractivity (Wildman–Crippen MR) is 95.3 cm³/mol. The first-order valence-electron chi connectivity index (χ1n) is 9.38. The number of hydrogen-bond acceptors (Lipinski definition) is 5. The Balaban J connectivity index is 1.50. The molecule has 0 bridgehead atoms. The van der Waals surface area contributed by atoms with E-state index < -0.39 is 6.10 Å². The Kier molecular flexibility index (Phi) is 6.26. The lowest BCUT2D eigenvalue weighted by atomic mass is 9.89. The van der Waals surface area contributed by atoms with Crippen molar-refractivity contribution in [3.8, 4) is 5.75 Å². The fourth-order valence-corrected chi connectivity index (χ4v) is 3.97. The quantitative estimate of drug-likeness (QED) is 0.820. The van der Waals surface area contributed by atoms with Crippen LogP contribution in [-0.2, 0) is 4.79 Å². The summed E-state index contributed by atoms with van der Waals surface area (Å²) in [5, 5.41) is 13.6. The molecule has 3 rings (SSSR count). The van der Waals surface area contributed by atoms with Gasteiger partial charge < -0.3 is 15.2 Å². The molecular formula is C19H29N3O3. The van der Waals surface area contributed by atoms with E-state index in [-0.39, 0.29) is 18.1 Å². The Morgan fingerprint density at radius 3 is 2.84 bits per heavy atom. The Morgan fingerprint density at radius 2 is 2.12 bits per heavy atom. The first-order valence-corrected chi connectivity index (χ1v) is 9.38. The second-order valence-corrected chi connectivity index (χ2v) is 7.29. The van der Waals surface area contributed by atoms with Crippen LogP contribution in [0.5, 0.6) is 5.75 Å². The van der Waals surface area contributed by atoms with Crippen LogP contribution >= 0.6 is 0 Å². The van der Waals surface area contributed by atoms with Crippen molar-refractivity contribution in [2.45, 2.75) is 69.2 Å². The van der Waals surface area contributed by atoms with Crippen molar-refractivity contribution >= 4 is 5.91 Å². The lowest BCUT2D eigenvalue weighted by molar-refractivity contribution is -0.125. The minimum absolute atomic E-state index is 0.0134. The summed E-state index contributed by atoms with van der Waals surface area (Å²) in [5.74, 6) is 0.639. The monoisotopic (exact) mass is 347 g/mol. The highest BCUT2D eigenvalue weighted by Gasteiger charge is 2.34. The van der Waals surface area contributed by atoms with Crippen molar-refractivity contribution in [3.05, 3.63) is 24.5 Å². The zero-order valence-electron chi connectivity index (χ0n) is 14.9. The van der Waals surface area contributed by atoms with Crippen LogP contribution < -0.4 is 10.1 Å². The summed E-state index contributed by atoms with van der Waals surface area (Å²) in [6.45, 7) is 0.391. The number of aromatic nitrogens is 1. The number of carbonyl (C=O) groups is 1. The van der Waals surface area contributed by atoms with Gasteiger partial charge in [0.1, 0.15) is 18.0 Å². The van der Waals surface area contributed by atoms with Gasteiger partial charge in [-0.15, -0.1) is 0 Å². The van der Waals surface area contributed by atoms with E-state index in [9.17, 15) is 9.90 Å². The number of rotatable bonds is 6. The number of aliphatic hydroxyl groups excluding tert-OH is 1. The topological polar surface area (TPSA) is 74.7 Å². The molecule has 6 heteroatoms. The molecule has 0 unspecified atom stereocenters. The van der Waals surface area contributed by atoms with Gasteiger partial charge in [0.15, 0.2) is 0 Å². The molecule has 138 valence electrons. The van der Waals surface area contributed by atoms with E-state index in [0.29, 0.717) is 18.3 Å². The third-order valence-electron chi connectivity index (χ3n) is 5.41. The van der Waals surface area contributed by atoms with Crippen molar-refractivity contribution in [1.29, 1.82) is 0 Å². The summed E-state index contributed by atoms with van der Waals surface area (Å²) in [6, 6.07) is 3.91. The SMILES string of the molecule is CN(CC(=O)N[C@@H]1CCC[C@@H](Oc2cccnc2)[C@@H]1O)C1CCCC1. The van der Waals surface area contributed by atoms with Crippen molar-refractivity contribution in [2.24, 2.45) is 0 Å². The van der Waals surface area contributed by atoms with Crippen molar-refractivity contribution in [3.63, 3.8) is 0 Å². The van der Waals surface area contributed by atoms with Gasteiger partial charge in [0.05, 0.1) is 18.8 Å². The molecule has 1 amide bonds. The molecule has 25 heavy (non-hydrogen) atoms. The number of amides is 1. The Bertz CT molecular complexity index is 548. The molecule has 1 aromatic heterocycles. The highest BCUT2D eigenvalue weighted by Crippen LogP contribution is 2.25. The molecule has 0 saturated heterocycles. The van der Waals surface area contributed by atoms with Gasteiger partial charge in [-0.25, -0.2) is 0 Å². The van der Waals surface area contributed by atoms with E-state index in [0.717, 1.165) is 19.3 Å². The van der Waals surface area contributed by atoms with E-state index in [2.05, 4.69) is 15.2 Å². The molecule has 2 saturated carbocycles. The van der Waals surface area contributed by atoms with Gasteiger partial charge in [-0.1, -0.05) is 12.8 Å². The summed E-state index contributed by atoms with van der Waals surface area (Å²) in [6.07, 6.45) is 9.68. The first-order chi connectivity index (χ1) is 12.1. The third kappa shape index (κ3) is 4.92. The average Bonchev–Trinajstić information content (AvgIpc) is 3.14. The zero-order chi connectivity index (χ0) is 17.6. The maximum absolute atomic E-state index is 12.4. The van der Waals surface area contributed by atoms with Crippen LogP contribution in [0.3, 0.4) is 0 Å². The molecule has 0 aliphatic heterocycles. The fourth-order valence-electron chi connectivity index (χ4n) is 3.97. The first kappa shape index (κ1) is 18.1. The maximum Gasteiger partial charge on any atom is 0.234 e. The Morgan fingerprint density at radius 1 is 1.32 bits per heavy atom.